The second-order valence-corrected chi connectivity index (χ2v) is 9.07. The van der Waals surface area contributed by atoms with Gasteiger partial charge in [-0.3, -0.25) is 0 Å². The van der Waals surface area contributed by atoms with Gasteiger partial charge in [0.1, 0.15) is 0 Å². The molecule has 5 heteroatoms. The highest BCUT2D eigenvalue weighted by atomic mass is 32.1. The highest BCUT2D eigenvalue weighted by Gasteiger charge is 2.17. The average Bonchev–Trinajstić information content (AvgIpc) is 3.16. The molecule has 1 saturated heterocycles. The normalized spacial score (nSPS) is 17.6. The number of nitrogens with zero attached hydrogens (tertiary/aromatic N) is 2. The summed E-state index contributed by atoms with van der Waals surface area (Å²) >= 11 is 7.59. The van der Waals surface area contributed by atoms with Crippen molar-refractivity contribution in [1.29, 1.82) is 0 Å². The zero-order chi connectivity index (χ0) is 19.1. The summed E-state index contributed by atoms with van der Waals surface area (Å²) in [5.41, 5.74) is 2.32. The van der Waals surface area contributed by atoms with Crippen molar-refractivity contribution < 1.29 is 0 Å². The number of piperidine rings is 1. The van der Waals surface area contributed by atoms with E-state index in [-0.39, 0.29) is 0 Å². The Kier molecular flexibility index (Phi) is 7.68. The highest BCUT2D eigenvalue weighted by Crippen LogP contribution is 2.18. The van der Waals surface area contributed by atoms with Gasteiger partial charge >= 0.3 is 0 Å². The zero-order valence-corrected chi connectivity index (χ0v) is 18.1. The third kappa shape index (κ3) is 6.30. The van der Waals surface area contributed by atoms with Gasteiger partial charge in [-0.15, -0.1) is 11.3 Å². The zero-order valence-electron chi connectivity index (χ0n) is 16.5. The molecule has 1 aromatic carbocycles. The maximum Gasteiger partial charge on any atom is 0.173 e. The Bertz CT molecular complexity index is 714. The summed E-state index contributed by atoms with van der Waals surface area (Å²) in [7, 11) is 0. The Labute approximate surface area is 173 Å². The fourth-order valence-electron chi connectivity index (χ4n) is 3.73. The number of hydrogen-bond acceptors (Lipinski definition) is 3. The van der Waals surface area contributed by atoms with E-state index in [1.54, 1.807) is 11.3 Å². The van der Waals surface area contributed by atoms with Gasteiger partial charge in [0.2, 0.25) is 0 Å². The predicted molar refractivity (Wildman–Crippen MR) is 122 cm³/mol. The van der Waals surface area contributed by atoms with E-state index >= 15 is 0 Å². The topological polar surface area (TPSA) is 18.5 Å². The van der Waals surface area contributed by atoms with Crippen LogP contribution in [0.2, 0.25) is 0 Å². The molecule has 1 fully saturated rings. The molecule has 27 heavy (non-hydrogen) atoms. The lowest BCUT2D eigenvalue weighted by molar-refractivity contribution is 0.177. The molecule has 146 valence electrons. The highest BCUT2D eigenvalue weighted by molar-refractivity contribution is 7.80. The largest absolute Gasteiger partial charge is 0.344 e. The van der Waals surface area contributed by atoms with Crippen LogP contribution < -0.4 is 5.32 Å². The lowest BCUT2D eigenvalue weighted by Gasteiger charge is -2.32. The van der Waals surface area contributed by atoms with E-state index in [9.17, 15) is 0 Å². The fraction of sp³-hybridized carbons (Fsp3) is 0.500. The van der Waals surface area contributed by atoms with Gasteiger partial charge in [0.25, 0.3) is 0 Å². The number of hydrogen-bond donors (Lipinski definition) is 1. The third-order valence-corrected chi connectivity index (χ3v) is 6.47. The number of thiophene rings is 1. The van der Waals surface area contributed by atoms with Crippen molar-refractivity contribution in [1.82, 2.24) is 9.80 Å². The van der Waals surface area contributed by atoms with E-state index in [4.69, 9.17) is 12.2 Å². The van der Waals surface area contributed by atoms with Crippen LogP contribution in [0.25, 0.3) is 0 Å². The predicted octanol–water partition coefficient (Wildman–Crippen LogP) is 5.38. The van der Waals surface area contributed by atoms with Crippen LogP contribution >= 0.6 is 23.6 Å². The molecule has 0 amide bonds. The van der Waals surface area contributed by atoms with E-state index in [0.29, 0.717) is 0 Å². The maximum atomic E-state index is 5.78. The van der Waals surface area contributed by atoms with Crippen molar-refractivity contribution >= 4 is 34.4 Å². The van der Waals surface area contributed by atoms with Crippen molar-refractivity contribution in [2.75, 3.05) is 31.5 Å². The Morgan fingerprint density at radius 2 is 2.15 bits per heavy atom. The van der Waals surface area contributed by atoms with Crippen molar-refractivity contribution in [2.24, 2.45) is 5.92 Å². The minimum Gasteiger partial charge on any atom is -0.344 e. The van der Waals surface area contributed by atoms with E-state index < -0.39 is 0 Å². The second-order valence-electron chi connectivity index (χ2n) is 7.65. The van der Waals surface area contributed by atoms with Crippen LogP contribution in [0, 0.1) is 12.8 Å². The first-order valence-electron chi connectivity index (χ1n) is 9.98. The van der Waals surface area contributed by atoms with Gasteiger partial charge in [0.05, 0.1) is 6.54 Å². The summed E-state index contributed by atoms with van der Waals surface area (Å²) in [6.45, 7) is 10.0. The molecule has 2 heterocycles. The monoisotopic (exact) mass is 401 g/mol. The number of rotatable bonds is 7. The smallest absolute Gasteiger partial charge is 0.173 e. The Balaban J connectivity index is 1.58. The lowest BCUT2D eigenvalue weighted by Crippen LogP contribution is -2.39. The Hall–Kier alpha value is -1.43. The van der Waals surface area contributed by atoms with Crippen LogP contribution in [0.3, 0.4) is 0 Å². The standard InChI is InChI=1S/C22H31N3S2/c1-18-8-5-12-24(16-18)13-7-14-25(17-20-10-6-15-27-20)22(26)23-21-11-4-3-9-19(21)2/h3-4,6,9-11,15,18H,5,7-8,12-14,16-17H2,1-2H3,(H,23,26). The molecule has 1 aliphatic rings. The molecule has 3 rings (SSSR count). The van der Waals surface area contributed by atoms with Crippen LogP contribution in [-0.2, 0) is 6.54 Å². The molecule has 1 unspecified atom stereocenters. The number of aryl methyl sites for hydroxylation is 1. The van der Waals surface area contributed by atoms with Gasteiger partial charge in [0.15, 0.2) is 5.11 Å². The average molecular weight is 402 g/mol. The third-order valence-electron chi connectivity index (χ3n) is 5.24. The van der Waals surface area contributed by atoms with Gasteiger partial charge in [0, 0.05) is 23.7 Å². The fourth-order valence-corrected chi connectivity index (χ4v) is 4.71. The van der Waals surface area contributed by atoms with E-state index in [1.165, 1.54) is 36.4 Å². The number of anilines is 1. The van der Waals surface area contributed by atoms with Crippen molar-refractivity contribution in [3.05, 3.63) is 52.2 Å². The summed E-state index contributed by atoms with van der Waals surface area (Å²) in [4.78, 5) is 6.30. The van der Waals surface area contributed by atoms with Crippen molar-refractivity contribution in [3.8, 4) is 0 Å². The van der Waals surface area contributed by atoms with Crippen molar-refractivity contribution in [2.45, 2.75) is 39.7 Å². The second kappa shape index (κ2) is 10.2. The molecule has 3 nitrogen and oxygen atoms in total. The summed E-state index contributed by atoms with van der Waals surface area (Å²) in [5.74, 6) is 0.838. The molecule has 0 spiro atoms. The summed E-state index contributed by atoms with van der Waals surface area (Å²) < 4.78 is 0. The van der Waals surface area contributed by atoms with E-state index in [0.717, 1.165) is 42.8 Å². The summed E-state index contributed by atoms with van der Waals surface area (Å²) in [6, 6.07) is 12.6. The number of thiocarbonyl (C=S) groups is 1. The van der Waals surface area contributed by atoms with Gasteiger partial charge in [-0.25, -0.2) is 0 Å². The van der Waals surface area contributed by atoms with Gasteiger partial charge in [-0.1, -0.05) is 31.2 Å². The van der Waals surface area contributed by atoms with Crippen LogP contribution in [0.4, 0.5) is 5.69 Å². The number of nitrogens with one attached hydrogen (secondary N) is 1. The molecule has 1 atom stereocenters. The molecule has 2 aromatic rings. The van der Waals surface area contributed by atoms with E-state index in [1.807, 2.05) is 0 Å². The number of para-hydroxylation sites is 1. The quantitative estimate of drug-likeness (QED) is 0.628. The summed E-state index contributed by atoms with van der Waals surface area (Å²) in [6.07, 6.45) is 3.87. The molecule has 0 radical (unpaired) electrons. The molecule has 0 aliphatic carbocycles. The first-order valence-corrected chi connectivity index (χ1v) is 11.3. The van der Waals surface area contributed by atoms with Gasteiger partial charge in [-0.05, 0) is 80.5 Å². The Morgan fingerprint density at radius 3 is 2.89 bits per heavy atom. The molecule has 1 N–H and O–H groups in total. The molecular weight excluding hydrogens is 370 g/mol. The molecular formula is C22H31N3S2. The Morgan fingerprint density at radius 1 is 1.30 bits per heavy atom. The minimum absolute atomic E-state index is 0.824. The van der Waals surface area contributed by atoms with Crippen LogP contribution in [-0.4, -0.2) is 41.1 Å². The molecule has 1 aromatic heterocycles. The first kappa shape index (κ1) is 20.3. The van der Waals surface area contributed by atoms with Crippen LogP contribution in [0.15, 0.2) is 41.8 Å². The molecule has 0 saturated carbocycles. The van der Waals surface area contributed by atoms with Crippen molar-refractivity contribution in [3.63, 3.8) is 0 Å². The lowest BCUT2D eigenvalue weighted by atomic mass is 10.0. The number of benzene rings is 1. The number of likely N-dealkylation sites (tertiary alicyclic amines) is 1. The first-order chi connectivity index (χ1) is 13.1. The van der Waals surface area contributed by atoms with Crippen LogP contribution in [0.1, 0.15) is 36.6 Å². The SMILES string of the molecule is Cc1ccccc1NC(=S)N(CCCN1CCCC(C)C1)Cc1cccs1. The maximum absolute atomic E-state index is 5.78. The summed E-state index contributed by atoms with van der Waals surface area (Å²) in [5, 5.41) is 6.43. The van der Waals surface area contributed by atoms with Crippen LogP contribution in [0.5, 0.6) is 0 Å². The minimum atomic E-state index is 0.824. The molecule has 0 bridgehead atoms. The van der Waals surface area contributed by atoms with Gasteiger partial charge in [-0.2, -0.15) is 0 Å². The molecule has 1 aliphatic heterocycles. The van der Waals surface area contributed by atoms with E-state index in [2.05, 4.69) is 70.7 Å². The van der Waals surface area contributed by atoms with Gasteiger partial charge < -0.3 is 15.1 Å².